The van der Waals surface area contributed by atoms with E-state index in [-0.39, 0.29) is 24.7 Å². The minimum atomic E-state index is -4.28. The van der Waals surface area contributed by atoms with Crippen LogP contribution in [0.2, 0.25) is 0 Å². The number of H-pyrrole nitrogens is 1. The summed E-state index contributed by atoms with van der Waals surface area (Å²) in [4.78, 5) is 18.0. The fourth-order valence-electron chi connectivity index (χ4n) is 4.61. The Morgan fingerprint density at radius 3 is 2.58 bits per heavy atom. The van der Waals surface area contributed by atoms with Gasteiger partial charge >= 0.3 is 12.1 Å². The molecule has 0 saturated carbocycles. The van der Waals surface area contributed by atoms with E-state index < -0.39 is 18.7 Å². The van der Waals surface area contributed by atoms with Crippen LogP contribution in [0.4, 0.5) is 13.2 Å². The lowest BCUT2D eigenvalue weighted by Gasteiger charge is -2.42. The van der Waals surface area contributed by atoms with Crippen molar-refractivity contribution in [3.8, 4) is 5.75 Å². The van der Waals surface area contributed by atoms with Crippen LogP contribution >= 0.6 is 0 Å². The van der Waals surface area contributed by atoms with Crippen LogP contribution in [0.25, 0.3) is 10.9 Å². The first kappa shape index (κ1) is 23.1. The number of aromatic nitrogens is 1. The number of ether oxygens (including phenoxy) is 1. The van der Waals surface area contributed by atoms with Gasteiger partial charge in [0.05, 0.1) is 19.2 Å². The third-order valence-corrected chi connectivity index (χ3v) is 6.21. The number of hydrogen-bond acceptors (Lipinski definition) is 4. The number of carbonyl (C=O) groups is 1. The molecule has 0 spiro atoms. The number of aromatic amines is 1. The van der Waals surface area contributed by atoms with Crippen molar-refractivity contribution in [3.63, 3.8) is 0 Å². The molecule has 4 rings (SSSR count). The lowest BCUT2D eigenvalue weighted by Crippen LogP contribution is -2.50. The third kappa shape index (κ3) is 4.99. The molecule has 0 amide bonds. The molecule has 1 atom stereocenters. The Balaban J connectivity index is 1.68. The summed E-state index contributed by atoms with van der Waals surface area (Å²) in [5.74, 6) is -0.308. The molecule has 1 aromatic heterocycles. The maximum Gasteiger partial charge on any atom is 0.401 e. The normalized spacial score (nSPS) is 18.0. The topological polar surface area (TPSA) is 68.8 Å². The maximum absolute atomic E-state index is 13.1. The molecular formula is C24H26F3N3O3. The highest BCUT2D eigenvalue weighted by atomic mass is 19.4. The summed E-state index contributed by atoms with van der Waals surface area (Å²) in [6, 6.07) is 9.99. The van der Waals surface area contributed by atoms with Crippen molar-refractivity contribution < 1.29 is 27.8 Å². The van der Waals surface area contributed by atoms with E-state index in [1.165, 1.54) is 17.0 Å². The van der Waals surface area contributed by atoms with E-state index in [2.05, 4.69) is 9.88 Å². The molecular weight excluding hydrogens is 435 g/mol. The van der Waals surface area contributed by atoms with Gasteiger partial charge in [-0.3, -0.25) is 9.80 Å². The van der Waals surface area contributed by atoms with Crippen molar-refractivity contribution in [2.24, 2.45) is 0 Å². The van der Waals surface area contributed by atoms with E-state index in [0.717, 1.165) is 33.3 Å². The average Bonchev–Trinajstić information content (AvgIpc) is 3.26. The van der Waals surface area contributed by atoms with Crippen molar-refractivity contribution in [3.05, 3.63) is 64.8 Å². The van der Waals surface area contributed by atoms with Crippen molar-refractivity contribution in [2.45, 2.75) is 25.7 Å². The smallest absolute Gasteiger partial charge is 0.401 e. The summed E-state index contributed by atoms with van der Waals surface area (Å²) in [7, 11) is 1.61. The van der Waals surface area contributed by atoms with E-state index in [9.17, 15) is 23.1 Å². The number of fused-ring (bicyclic) bond motifs is 1. The van der Waals surface area contributed by atoms with E-state index in [0.29, 0.717) is 13.1 Å². The Hall–Kier alpha value is -3.04. The number of halogens is 3. The number of benzene rings is 2. The van der Waals surface area contributed by atoms with E-state index in [1.807, 2.05) is 25.3 Å². The van der Waals surface area contributed by atoms with Crippen LogP contribution in [0.15, 0.2) is 42.6 Å². The van der Waals surface area contributed by atoms with Crippen LogP contribution in [0, 0.1) is 6.92 Å². The number of nitrogens with one attached hydrogen (secondary N) is 1. The van der Waals surface area contributed by atoms with Crippen LogP contribution in [0.3, 0.4) is 0 Å². The van der Waals surface area contributed by atoms with Gasteiger partial charge < -0.3 is 14.8 Å². The molecule has 6 nitrogen and oxygen atoms in total. The second-order valence-electron chi connectivity index (χ2n) is 8.40. The molecule has 0 bridgehead atoms. The monoisotopic (exact) mass is 461 g/mol. The molecule has 9 heteroatoms. The first-order chi connectivity index (χ1) is 15.7. The van der Waals surface area contributed by atoms with Crippen LogP contribution < -0.4 is 4.74 Å². The molecule has 1 aliphatic heterocycles. The number of nitrogens with zero attached hydrogens (tertiary/aromatic N) is 2. The molecule has 33 heavy (non-hydrogen) atoms. The number of rotatable bonds is 6. The summed E-state index contributed by atoms with van der Waals surface area (Å²) in [6.07, 6.45) is -2.42. The van der Waals surface area contributed by atoms with Gasteiger partial charge in [-0.05, 0) is 42.3 Å². The van der Waals surface area contributed by atoms with Gasteiger partial charge in [0.2, 0.25) is 0 Å². The zero-order chi connectivity index (χ0) is 23.8. The van der Waals surface area contributed by atoms with Gasteiger partial charge in [0.15, 0.2) is 0 Å². The fourth-order valence-corrected chi connectivity index (χ4v) is 4.61. The summed E-state index contributed by atoms with van der Waals surface area (Å²) in [6.45, 7) is 2.42. The van der Waals surface area contributed by atoms with Gasteiger partial charge in [-0.15, -0.1) is 0 Å². The number of methoxy groups -OCH3 is 1. The maximum atomic E-state index is 13.1. The number of aromatic carboxylic acids is 1. The predicted octanol–water partition coefficient (Wildman–Crippen LogP) is 4.60. The quantitative estimate of drug-likeness (QED) is 0.562. The summed E-state index contributed by atoms with van der Waals surface area (Å²) in [5, 5.41) is 10.2. The fraction of sp³-hybridized carbons (Fsp3) is 0.375. The highest BCUT2D eigenvalue weighted by molar-refractivity contribution is 5.88. The van der Waals surface area contributed by atoms with Crippen molar-refractivity contribution >= 4 is 16.9 Å². The van der Waals surface area contributed by atoms with Crippen molar-refractivity contribution in [2.75, 3.05) is 33.3 Å². The SMILES string of the molecule is COc1cc(C)c2[nH]ccc2c1CN1CCN(CC(F)(F)F)C[C@H]1c1ccc(C(=O)O)cc1. The highest BCUT2D eigenvalue weighted by Crippen LogP contribution is 2.35. The third-order valence-electron chi connectivity index (χ3n) is 6.21. The van der Waals surface area contributed by atoms with Crippen LogP contribution in [-0.4, -0.2) is 65.3 Å². The van der Waals surface area contributed by atoms with Crippen molar-refractivity contribution in [1.29, 1.82) is 0 Å². The molecule has 0 aliphatic carbocycles. The molecule has 1 saturated heterocycles. The number of piperazine rings is 1. The van der Waals surface area contributed by atoms with Crippen molar-refractivity contribution in [1.82, 2.24) is 14.8 Å². The first-order valence-electron chi connectivity index (χ1n) is 10.7. The molecule has 2 N–H and O–H groups in total. The zero-order valence-electron chi connectivity index (χ0n) is 18.4. The molecule has 2 aromatic carbocycles. The molecule has 1 aliphatic rings. The van der Waals surface area contributed by atoms with Gasteiger partial charge in [0, 0.05) is 54.9 Å². The molecule has 1 fully saturated rings. The van der Waals surface area contributed by atoms with Crippen LogP contribution in [-0.2, 0) is 6.54 Å². The second-order valence-corrected chi connectivity index (χ2v) is 8.40. The first-order valence-corrected chi connectivity index (χ1v) is 10.7. The molecule has 3 aromatic rings. The van der Waals surface area contributed by atoms with E-state index in [4.69, 9.17) is 4.74 Å². The Bertz CT molecular complexity index is 1140. The summed E-state index contributed by atoms with van der Waals surface area (Å²) >= 11 is 0. The van der Waals surface area contributed by atoms with Crippen LogP contribution in [0.1, 0.15) is 33.1 Å². The van der Waals surface area contributed by atoms with E-state index in [1.54, 1.807) is 19.2 Å². The van der Waals surface area contributed by atoms with Gasteiger partial charge in [0.25, 0.3) is 0 Å². The molecule has 176 valence electrons. The standard InChI is InChI=1S/C24H26F3N3O3/c1-15-11-21(33-2)19(18-7-8-28-22(15)18)12-30-10-9-29(14-24(25,26)27)13-20(30)16-3-5-17(6-4-16)23(31)32/h3-8,11,20,28H,9-10,12-14H2,1-2H3,(H,31,32)/t20-/m0/s1. The van der Waals surface area contributed by atoms with Gasteiger partial charge in [0.1, 0.15) is 5.75 Å². The number of alkyl halides is 3. The Labute approximate surface area is 189 Å². The van der Waals surface area contributed by atoms with Gasteiger partial charge in [-0.25, -0.2) is 4.79 Å². The summed E-state index contributed by atoms with van der Waals surface area (Å²) in [5.41, 5.74) is 3.94. The van der Waals surface area contributed by atoms with E-state index >= 15 is 0 Å². The number of carboxylic acids is 1. The zero-order valence-corrected chi connectivity index (χ0v) is 18.4. The van der Waals surface area contributed by atoms with Gasteiger partial charge in [-0.1, -0.05) is 12.1 Å². The Morgan fingerprint density at radius 1 is 1.21 bits per heavy atom. The number of aryl methyl sites for hydroxylation is 1. The van der Waals surface area contributed by atoms with Crippen LogP contribution in [0.5, 0.6) is 5.75 Å². The molecule has 0 unspecified atom stereocenters. The average molecular weight is 461 g/mol. The van der Waals surface area contributed by atoms with Gasteiger partial charge in [-0.2, -0.15) is 13.2 Å². The molecule has 2 heterocycles. The second kappa shape index (κ2) is 9.07. The predicted molar refractivity (Wildman–Crippen MR) is 119 cm³/mol. The Kier molecular flexibility index (Phi) is 6.36. The molecule has 0 radical (unpaired) electrons. The largest absolute Gasteiger partial charge is 0.496 e. The summed E-state index contributed by atoms with van der Waals surface area (Å²) < 4.78 is 44.9. The lowest BCUT2D eigenvalue weighted by molar-refractivity contribution is -0.152. The number of hydrogen-bond donors (Lipinski definition) is 2. The lowest BCUT2D eigenvalue weighted by atomic mass is 9.98. The minimum Gasteiger partial charge on any atom is -0.496 e. The number of carboxylic acid groups (broad SMARTS) is 1. The highest BCUT2D eigenvalue weighted by Gasteiger charge is 2.36. The Morgan fingerprint density at radius 2 is 1.94 bits per heavy atom. The minimum absolute atomic E-state index is 0.141.